The van der Waals surface area contributed by atoms with Gasteiger partial charge < -0.3 is 14.1 Å². The highest BCUT2D eigenvalue weighted by molar-refractivity contribution is 5.77. The highest BCUT2D eigenvalue weighted by atomic mass is 16.5. The molecule has 1 atom stereocenters. The predicted molar refractivity (Wildman–Crippen MR) is 117 cm³/mol. The summed E-state index contributed by atoms with van der Waals surface area (Å²) < 4.78 is 13.5. The summed E-state index contributed by atoms with van der Waals surface area (Å²) in [5, 5.41) is 0. The average Bonchev–Trinajstić information content (AvgIpc) is 3.41. The Morgan fingerprint density at radius 2 is 2.07 bits per heavy atom. The minimum atomic E-state index is -0.199. The highest BCUT2D eigenvalue weighted by Crippen LogP contribution is 2.32. The monoisotopic (exact) mass is 407 g/mol. The quantitative estimate of drug-likeness (QED) is 0.517. The van der Waals surface area contributed by atoms with Gasteiger partial charge in [0.2, 0.25) is 5.58 Å². The van der Waals surface area contributed by atoms with E-state index in [0.717, 1.165) is 55.0 Å². The lowest BCUT2D eigenvalue weighted by Gasteiger charge is -2.29. The van der Waals surface area contributed by atoms with Crippen molar-refractivity contribution in [1.82, 2.24) is 4.90 Å². The summed E-state index contributed by atoms with van der Waals surface area (Å²) in [7, 11) is 0. The van der Waals surface area contributed by atoms with Crippen molar-refractivity contribution < 1.29 is 18.5 Å². The van der Waals surface area contributed by atoms with E-state index in [1.807, 2.05) is 43.4 Å². The fourth-order valence-electron chi connectivity index (χ4n) is 4.48. The van der Waals surface area contributed by atoms with Crippen molar-refractivity contribution in [2.75, 3.05) is 19.7 Å². The number of nitrogens with zero attached hydrogens (tertiary/aromatic N) is 2. The molecule has 1 aliphatic heterocycles. The standard InChI is InChI=1S/C25H31N2O3/c1-3-27-22-11-5-6-12-23(22)30-24(27)13-9-10-19-18-20(26-16-7-8-17-26)14-15-21(19)25(28)29-4-2/h5-6,9-13,18,21H,3-4,7-8,14-17H2,1-2H3/q+1. The number of allylic oxidation sites excluding steroid dienone is 4. The van der Waals surface area contributed by atoms with E-state index in [9.17, 15) is 4.79 Å². The molecule has 5 heteroatoms. The molecule has 30 heavy (non-hydrogen) atoms. The van der Waals surface area contributed by atoms with E-state index in [1.165, 1.54) is 18.5 Å². The fraction of sp³-hybridized carbons (Fsp3) is 0.440. The Hall–Kier alpha value is -2.82. The predicted octanol–water partition coefficient (Wildman–Crippen LogP) is 4.63. The normalized spacial score (nSPS) is 21.0. The molecule has 4 rings (SSSR count). The van der Waals surface area contributed by atoms with Gasteiger partial charge in [0.1, 0.15) is 6.54 Å². The third-order valence-electron chi connectivity index (χ3n) is 5.99. The first kappa shape index (κ1) is 20.5. The lowest BCUT2D eigenvalue weighted by atomic mass is 9.86. The summed E-state index contributed by atoms with van der Waals surface area (Å²) in [5.41, 5.74) is 4.34. The van der Waals surface area contributed by atoms with Gasteiger partial charge in [-0.25, -0.2) is 0 Å². The minimum Gasteiger partial charge on any atom is -0.466 e. The van der Waals surface area contributed by atoms with E-state index >= 15 is 0 Å². The molecular formula is C25H31N2O3+. The van der Waals surface area contributed by atoms with Crippen LogP contribution in [0.4, 0.5) is 0 Å². The van der Waals surface area contributed by atoms with Crippen molar-refractivity contribution >= 4 is 23.1 Å². The molecule has 0 amide bonds. The van der Waals surface area contributed by atoms with Crippen LogP contribution in [-0.4, -0.2) is 30.6 Å². The summed E-state index contributed by atoms with van der Waals surface area (Å²) in [4.78, 5) is 15.0. The smallest absolute Gasteiger partial charge is 0.374 e. The third-order valence-corrected chi connectivity index (χ3v) is 5.99. The summed E-state index contributed by atoms with van der Waals surface area (Å²) in [6.45, 7) is 7.46. The minimum absolute atomic E-state index is 0.124. The van der Waals surface area contributed by atoms with Crippen LogP contribution in [0.1, 0.15) is 45.4 Å². The van der Waals surface area contributed by atoms with Crippen molar-refractivity contribution in [3.63, 3.8) is 0 Å². The average molecular weight is 408 g/mol. The van der Waals surface area contributed by atoms with Gasteiger partial charge >= 0.3 is 11.9 Å². The number of para-hydroxylation sites is 2. The molecule has 158 valence electrons. The largest absolute Gasteiger partial charge is 0.466 e. The molecule has 5 nitrogen and oxygen atoms in total. The second kappa shape index (κ2) is 9.33. The molecule has 0 saturated carbocycles. The SMILES string of the molecule is CCOC(=O)C1CCC(N2CCCC2)=CC1=CC=Cc1oc2ccccc2[n+]1CC. The van der Waals surface area contributed by atoms with Gasteiger partial charge in [-0.05, 0) is 57.2 Å². The number of likely N-dealkylation sites (tertiary alicyclic amines) is 1. The number of oxazole rings is 1. The van der Waals surface area contributed by atoms with Crippen LogP contribution in [0.3, 0.4) is 0 Å². The summed E-state index contributed by atoms with van der Waals surface area (Å²) in [6.07, 6.45) is 12.5. The van der Waals surface area contributed by atoms with Gasteiger partial charge in [0.15, 0.2) is 0 Å². The van der Waals surface area contributed by atoms with Crippen LogP contribution in [0.5, 0.6) is 0 Å². The van der Waals surface area contributed by atoms with Crippen molar-refractivity contribution in [3.8, 4) is 0 Å². The van der Waals surface area contributed by atoms with Crippen LogP contribution in [0, 0.1) is 5.92 Å². The maximum absolute atomic E-state index is 12.5. The molecule has 2 aliphatic rings. The Bertz CT molecular complexity index is 993. The van der Waals surface area contributed by atoms with Gasteiger partial charge in [0.25, 0.3) is 5.52 Å². The number of ether oxygens (including phenoxy) is 1. The van der Waals surface area contributed by atoms with E-state index in [2.05, 4.69) is 28.5 Å². The number of fused-ring (bicyclic) bond motifs is 1. The van der Waals surface area contributed by atoms with Crippen LogP contribution in [0.15, 0.2) is 58.2 Å². The Balaban J connectivity index is 1.63. The first-order valence-corrected chi connectivity index (χ1v) is 11.1. The second-order valence-corrected chi connectivity index (χ2v) is 7.85. The molecule has 1 fully saturated rings. The van der Waals surface area contributed by atoms with E-state index in [-0.39, 0.29) is 11.9 Å². The molecule has 0 bridgehead atoms. The number of hydrogen-bond acceptors (Lipinski definition) is 4. The molecule has 2 heterocycles. The number of rotatable bonds is 6. The molecule has 1 saturated heterocycles. The molecule has 1 aromatic carbocycles. The maximum atomic E-state index is 12.5. The number of carbonyl (C=O) groups is 1. The molecule has 1 unspecified atom stereocenters. The van der Waals surface area contributed by atoms with Gasteiger partial charge in [-0.15, -0.1) is 0 Å². The van der Waals surface area contributed by atoms with Crippen LogP contribution < -0.4 is 4.57 Å². The van der Waals surface area contributed by atoms with E-state index in [1.54, 1.807) is 0 Å². The van der Waals surface area contributed by atoms with Gasteiger partial charge in [-0.1, -0.05) is 24.3 Å². The summed E-state index contributed by atoms with van der Waals surface area (Å²) in [6, 6.07) is 8.06. The molecule has 0 N–H and O–H groups in total. The molecule has 0 radical (unpaired) electrons. The highest BCUT2D eigenvalue weighted by Gasteiger charge is 2.29. The number of benzene rings is 1. The van der Waals surface area contributed by atoms with Crippen molar-refractivity contribution in [3.05, 3.63) is 59.7 Å². The van der Waals surface area contributed by atoms with E-state index in [0.29, 0.717) is 6.61 Å². The zero-order chi connectivity index (χ0) is 20.9. The fourth-order valence-corrected chi connectivity index (χ4v) is 4.48. The zero-order valence-corrected chi connectivity index (χ0v) is 18.0. The number of aryl methyl sites for hydroxylation is 1. The third kappa shape index (κ3) is 4.20. The Morgan fingerprint density at radius 3 is 2.83 bits per heavy atom. The summed E-state index contributed by atoms with van der Waals surface area (Å²) >= 11 is 0. The Morgan fingerprint density at radius 1 is 1.27 bits per heavy atom. The first-order valence-electron chi connectivity index (χ1n) is 11.1. The lowest BCUT2D eigenvalue weighted by molar-refractivity contribution is -0.674. The second-order valence-electron chi connectivity index (χ2n) is 7.85. The number of carbonyl (C=O) groups excluding carboxylic acids is 1. The Labute approximate surface area is 178 Å². The molecule has 1 aromatic heterocycles. The topological polar surface area (TPSA) is 46.6 Å². The lowest BCUT2D eigenvalue weighted by Crippen LogP contribution is -2.33. The van der Waals surface area contributed by atoms with Gasteiger partial charge in [-0.2, -0.15) is 4.57 Å². The number of esters is 1. The van der Waals surface area contributed by atoms with Crippen LogP contribution in [0.2, 0.25) is 0 Å². The number of aromatic nitrogens is 1. The van der Waals surface area contributed by atoms with E-state index < -0.39 is 0 Å². The van der Waals surface area contributed by atoms with Crippen LogP contribution in [-0.2, 0) is 16.1 Å². The molecule has 2 aromatic rings. The molecule has 0 spiro atoms. The van der Waals surface area contributed by atoms with Crippen molar-refractivity contribution in [2.45, 2.75) is 46.1 Å². The number of hydrogen-bond donors (Lipinski definition) is 0. The van der Waals surface area contributed by atoms with Crippen LogP contribution >= 0.6 is 0 Å². The molecular weight excluding hydrogens is 376 g/mol. The van der Waals surface area contributed by atoms with Crippen molar-refractivity contribution in [2.24, 2.45) is 5.92 Å². The van der Waals surface area contributed by atoms with Gasteiger partial charge in [0.05, 0.1) is 18.6 Å². The Kier molecular flexibility index (Phi) is 6.36. The zero-order valence-electron chi connectivity index (χ0n) is 18.0. The molecule has 1 aliphatic carbocycles. The maximum Gasteiger partial charge on any atom is 0.374 e. The van der Waals surface area contributed by atoms with Gasteiger partial charge in [0, 0.05) is 24.9 Å². The van der Waals surface area contributed by atoms with Crippen molar-refractivity contribution in [1.29, 1.82) is 0 Å². The summed E-state index contributed by atoms with van der Waals surface area (Å²) in [5.74, 6) is 0.485. The first-order chi connectivity index (χ1) is 14.7. The van der Waals surface area contributed by atoms with Gasteiger partial charge in [-0.3, -0.25) is 4.79 Å². The van der Waals surface area contributed by atoms with E-state index in [4.69, 9.17) is 9.15 Å². The van der Waals surface area contributed by atoms with Crippen LogP contribution in [0.25, 0.3) is 17.2 Å².